The van der Waals surface area contributed by atoms with Crippen LogP contribution in [-0.2, 0) is 0 Å². The molecule has 5 heteroatoms. The fourth-order valence-corrected chi connectivity index (χ4v) is 2.67. The number of rotatable bonds is 4. The minimum atomic E-state index is 0.680. The van der Waals surface area contributed by atoms with Crippen molar-refractivity contribution in [2.75, 3.05) is 24.3 Å². The molecular weight excluding hydrogens is 286 g/mol. The molecule has 0 bridgehead atoms. The Morgan fingerprint density at radius 3 is 2.43 bits per heavy atom. The van der Waals surface area contributed by atoms with Crippen molar-refractivity contribution in [3.8, 4) is 11.3 Å². The number of hydrogen-bond donors (Lipinski definition) is 2. The lowest BCUT2D eigenvalue weighted by Crippen LogP contribution is -2.13. The van der Waals surface area contributed by atoms with Crippen LogP contribution < -0.4 is 10.2 Å². The van der Waals surface area contributed by atoms with Crippen molar-refractivity contribution in [1.29, 1.82) is 0 Å². The first-order valence-electron chi connectivity index (χ1n) is 7.59. The molecule has 0 fully saturated rings. The van der Waals surface area contributed by atoms with E-state index in [1.165, 1.54) is 5.56 Å². The van der Waals surface area contributed by atoms with Gasteiger partial charge in [-0.3, -0.25) is 0 Å². The highest BCUT2D eigenvalue weighted by Crippen LogP contribution is 2.27. The van der Waals surface area contributed by atoms with Crippen molar-refractivity contribution in [3.63, 3.8) is 0 Å². The summed E-state index contributed by atoms with van der Waals surface area (Å²) in [5.41, 5.74) is 6.51. The van der Waals surface area contributed by atoms with Crippen molar-refractivity contribution < 1.29 is 0 Å². The van der Waals surface area contributed by atoms with E-state index in [1.54, 1.807) is 0 Å². The second-order valence-corrected chi connectivity index (χ2v) is 5.57. The van der Waals surface area contributed by atoms with Crippen LogP contribution in [0.5, 0.6) is 0 Å². The van der Waals surface area contributed by atoms with E-state index in [0.29, 0.717) is 5.95 Å². The smallest absolute Gasteiger partial charge is 0.230 e. The molecule has 118 valence electrons. The number of H-pyrrole nitrogens is 1. The van der Waals surface area contributed by atoms with Crippen LogP contribution in [-0.4, -0.2) is 29.0 Å². The highest BCUT2D eigenvalue weighted by atomic mass is 15.2. The van der Waals surface area contributed by atoms with E-state index >= 15 is 0 Å². The van der Waals surface area contributed by atoms with Crippen LogP contribution in [0.15, 0.2) is 42.7 Å². The Kier molecular flexibility index (Phi) is 4.02. The number of aromatic nitrogens is 3. The standard InChI is InChI=1S/C18H21N5/c1-12-11-21-13(2)17(12)16-9-10-20-18(22-16)23(4)15-7-5-14(19-3)6-8-15/h5-11,19,21H,1-4H3. The lowest BCUT2D eigenvalue weighted by Gasteiger charge is -2.18. The van der Waals surface area contributed by atoms with Crippen molar-refractivity contribution in [2.45, 2.75) is 13.8 Å². The second kappa shape index (κ2) is 6.12. The molecule has 2 heterocycles. The van der Waals surface area contributed by atoms with Gasteiger partial charge < -0.3 is 15.2 Å². The molecule has 0 unspecified atom stereocenters. The quantitative estimate of drug-likeness (QED) is 0.767. The Bertz CT molecular complexity index is 785. The molecular formula is C18H21N5. The molecule has 2 aromatic heterocycles. The summed E-state index contributed by atoms with van der Waals surface area (Å²) in [6.45, 7) is 4.14. The zero-order chi connectivity index (χ0) is 16.4. The molecule has 0 radical (unpaired) electrons. The average molecular weight is 307 g/mol. The maximum atomic E-state index is 4.73. The largest absolute Gasteiger partial charge is 0.388 e. The molecule has 23 heavy (non-hydrogen) atoms. The van der Waals surface area contributed by atoms with E-state index in [4.69, 9.17) is 4.98 Å². The summed E-state index contributed by atoms with van der Waals surface area (Å²) in [6.07, 6.45) is 3.81. The summed E-state index contributed by atoms with van der Waals surface area (Å²) in [5.74, 6) is 0.680. The van der Waals surface area contributed by atoms with Gasteiger partial charge in [-0.2, -0.15) is 0 Å². The molecule has 1 aromatic carbocycles. The first-order valence-corrected chi connectivity index (χ1v) is 7.59. The molecule has 0 saturated carbocycles. The van der Waals surface area contributed by atoms with Crippen molar-refractivity contribution in [1.82, 2.24) is 15.0 Å². The third kappa shape index (κ3) is 2.90. The van der Waals surface area contributed by atoms with Crippen LogP contribution in [0, 0.1) is 13.8 Å². The van der Waals surface area contributed by atoms with Gasteiger partial charge in [0.25, 0.3) is 0 Å². The number of benzene rings is 1. The first kappa shape index (κ1) is 15.1. The molecule has 3 rings (SSSR count). The van der Waals surface area contributed by atoms with Crippen molar-refractivity contribution in [3.05, 3.63) is 54.0 Å². The zero-order valence-corrected chi connectivity index (χ0v) is 13.9. The van der Waals surface area contributed by atoms with Gasteiger partial charge in [0.1, 0.15) is 0 Å². The molecule has 0 aliphatic carbocycles. The lowest BCUT2D eigenvalue weighted by atomic mass is 10.1. The van der Waals surface area contributed by atoms with Gasteiger partial charge in [0.2, 0.25) is 5.95 Å². The summed E-state index contributed by atoms with van der Waals surface area (Å²) < 4.78 is 0. The third-order valence-electron chi connectivity index (χ3n) is 4.02. The van der Waals surface area contributed by atoms with E-state index in [1.807, 2.05) is 49.6 Å². The third-order valence-corrected chi connectivity index (χ3v) is 4.02. The molecule has 5 nitrogen and oxygen atoms in total. The van der Waals surface area contributed by atoms with E-state index in [2.05, 4.69) is 41.3 Å². The maximum absolute atomic E-state index is 4.73. The van der Waals surface area contributed by atoms with Crippen LogP contribution in [0.3, 0.4) is 0 Å². The average Bonchev–Trinajstić information content (AvgIpc) is 2.93. The Balaban J connectivity index is 1.95. The van der Waals surface area contributed by atoms with Gasteiger partial charge >= 0.3 is 0 Å². The molecule has 2 N–H and O–H groups in total. The summed E-state index contributed by atoms with van der Waals surface area (Å²) in [5, 5.41) is 3.12. The van der Waals surface area contributed by atoms with Crippen LogP contribution in [0.1, 0.15) is 11.3 Å². The Hall–Kier alpha value is -2.82. The highest BCUT2D eigenvalue weighted by Gasteiger charge is 2.12. The number of aryl methyl sites for hydroxylation is 2. The molecule has 0 amide bonds. The zero-order valence-electron chi connectivity index (χ0n) is 13.9. The molecule has 0 aliphatic heterocycles. The number of nitrogens with one attached hydrogen (secondary N) is 2. The van der Waals surface area contributed by atoms with Crippen LogP contribution in [0.4, 0.5) is 17.3 Å². The SMILES string of the molecule is CNc1ccc(N(C)c2nccc(-c3c(C)c[nH]c3C)n2)cc1. The molecule has 0 aliphatic rings. The Morgan fingerprint density at radius 1 is 1.09 bits per heavy atom. The second-order valence-electron chi connectivity index (χ2n) is 5.57. The van der Waals surface area contributed by atoms with Gasteiger partial charge in [-0.1, -0.05) is 0 Å². The minimum Gasteiger partial charge on any atom is -0.388 e. The predicted octanol–water partition coefficient (Wildman–Crippen LogP) is 3.90. The molecule has 0 atom stereocenters. The predicted molar refractivity (Wildman–Crippen MR) is 95.3 cm³/mol. The fourth-order valence-electron chi connectivity index (χ4n) is 2.67. The normalized spacial score (nSPS) is 10.6. The number of anilines is 3. The van der Waals surface area contributed by atoms with Crippen LogP contribution in [0.2, 0.25) is 0 Å². The van der Waals surface area contributed by atoms with E-state index in [0.717, 1.165) is 28.3 Å². The van der Waals surface area contributed by atoms with Gasteiger partial charge in [-0.25, -0.2) is 9.97 Å². The first-order chi connectivity index (χ1) is 11.1. The van der Waals surface area contributed by atoms with E-state index < -0.39 is 0 Å². The van der Waals surface area contributed by atoms with Gasteiger partial charge in [-0.05, 0) is 49.7 Å². The summed E-state index contributed by atoms with van der Waals surface area (Å²) in [6, 6.07) is 10.1. The topological polar surface area (TPSA) is 56.8 Å². The molecule has 0 saturated heterocycles. The maximum Gasteiger partial charge on any atom is 0.230 e. The summed E-state index contributed by atoms with van der Waals surface area (Å²) in [7, 11) is 3.89. The summed E-state index contributed by atoms with van der Waals surface area (Å²) in [4.78, 5) is 14.4. The van der Waals surface area contributed by atoms with E-state index in [-0.39, 0.29) is 0 Å². The van der Waals surface area contributed by atoms with Crippen molar-refractivity contribution >= 4 is 17.3 Å². The van der Waals surface area contributed by atoms with E-state index in [9.17, 15) is 0 Å². The van der Waals surface area contributed by atoms with Gasteiger partial charge in [-0.15, -0.1) is 0 Å². The van der Waals surface area contributed by atoms with Gasteiger partial charge in [0.05, 0.1) is 5.69 Å². The number of aromatic amines is 1. The van der Waals surface area contributed by atoms with Crippen LogP contribution >= 0.6 is 0 Å². The summed E-state index contributed by atoms with van der Waals surface area (Å²) >= 11 is 0. The number of nitrogens with zero attached hydrogens (tertiary/aromatic N) is 3. The van der Waals surface area contributed by atoms with Gasteiger partial charge in [0, 0.05) is 49.1 Å². The minimum absolute atomic E-state index is 0.680. The number of hydrogen-bond acceptors (Lipinski definition) is 4. The van der Waals surface area contributed by atoms with Crippen molar-refractivity contribution in [2.24, 2.45) is 0 Å². The molecule has 0 spiro atoms. The monoisotopic (exact) mass is 307 g/mol. The Labute approximate surface area is 136 Å². The van der Waals surface area contributed by atoms with Gasteiger partial charge in [0.15, 0.2) is 0 Å². The molecule has 3 aromatic rings. The lowest BCUT2D eigenvalue weighted by molar-refractivity contribution is 1.04. The highest BCUT2D eigenvalue weighted by molar-refractivity contribution is 5.68. The fraction of sp³-hybridized carbons (Fsp3) is 0.222. The Morgan fingerprint density at radius 2 is 1.83 bits per heavy atom. The van der Waals surface area contributed by atoms with Crippen LogP contribution in [0.25, 0.3) is 11.3 Å².